The summed E-state index contributed by atoms with van der Waals surface area (Å²) in [5.41, 5.74) is 0. The molecule has 124 valence electrons. The summed E-state index contributed by atoms with van der Waals surface area (Å²) in [6, 6.07) is 2.64. The lowest BCUT2D eigenvalue weighted by Crippen LogP contribution is -2.41. The third-order valence-electron chi connectivity index (χ3n) is 3.54. The molecule has 2 aliphatic rings. The molecule has 23 heavy (non-hydrogen) atoms. The molecule has 0 spiro atoms. The van der Waals surface area contributed by atoms with E-state index in [1.54, 1.807) is 0 Å². The van der Waals surface area contributed by atoms with Crippen LogP contribution in [0.5, 0.6) is 0 Å². The third-order valence-corrected chi connectivity index (χ3v) is 3.54. The Bertz CT molecular complexity index is 609. The molecule has 0 aromatic carbocycles. The Morgan fingerprint density at radius 1 is 1.39 bits per heavy atom. The molecule has 0 radical (unpaired) electrons. The van der Waals surface area contributed by atoms with E-state index >= 15 is 0 Å². The van der Waals surface area contributed by atoms with Gasteiger partial charge in [0.15, 0.2) is 5.76 Å². The Kier molecular flexibility index (Phi) is 4.53. The van der Waals surface area contributed by atoms with Crippen LogP contribution in [0.1, 0.15) is 5.76 Å². The largest absolute Gasteiger partial charge is 0.441 e. The van der Waals surface area contributed by atoms with Crippen LogP contribution in [0.25, 0.3) is 0 Å². The normalized spacial score (nSPS) is 22.7. The van der Waals surface area contributed by atoms with Gasteiger partial charge in [0, 0.05) is 19.6 Å². The number of amides is 1. The average molecular weight is 324 g/mol. The van der Waals surface area contributed by atoms with Gasteiger partial charge in [-0.25, -0.2) is 4.79 Å². The molecule has 2 saturated heterocycles. The second-order valence-electron chi connectivity index (χ2n) is 5.18. The second-order valence-corrected chi connectivity index (χ2v) is 5.18. The number of morpholine rings is 1. The maximum Gasteiger partial charge on any atom is 0.433 e. The Labute approximate surface area is 131 Å². The van der Waals surface area contributed by atoms with Crippen LogP contribution < -0.4 is 0 Å². The van der Waals surface area contributed by atoms with Crippen molar-refractivity contribution in [2.75, 3.05) is 39.4 Å². The summed E-state index contributed by atoms with van der Waals surface area (Å²) in [6.45, 7) is 3.95. The first-order chi connectivity index (χ1) is 11.1. The Morgan fingerprint density at radius 2 is 2.17 bits per heavy atom. The van der Waals surface area contributed by atoms with E-state index < -0.39 is 11.0 Å². The van der Waals surface area contributed by atoms with Crippen molar-refractivity contribution in [3.05, 3.63) is 28.0 Å². The van der Waals surface area contributed by atoms with Crippen LogP contribution in [0, 0.1) is 10.1 Å². The highest BCUT2D eigenvalue weighted by atomic mass is 16.6. The fourth-order valence-electron chi connectivity index (χ4n) is 2.41. The first kappa shape index (κ1) is 15.4. The van der Waals surface area contributed by atoms with Gasteiger partial charge in [-0.05, 0) is 6.07 Å². The third kappa shape index (κ3) is 3.85. The van der Waals surface area contributed by atoms with Crippen molar-refractivity contribution >= 4 is 18.2 Å². The summed E-state index contributed by atoms with van der Waals surface area (Å²) in [6.07, 6.45) is 0.454. The van der Waals surface area contributed by atoms with Crippen LogP contribution in [0.3, 0.4) is 0 Å². The molecule has 1 amide bonds. The first-order valence-corrected chi connectivity index (χ1v) is 7.18. The minimum atomic E-state index is -0.639. The van der Waals surface area contributed by atoms with Crippen LogP contribution in [0.4, 0.5) is 10.7 Å². The summed E-state index contributed by atoms with van der Waals surface area (Å²) in [5.74, 6) is -0.179. The van der Waals surface area contributed by atoms with E-state index in [1.165, 1.54) is 23.4 Å². The van der Waals surface area contributed by atoms with Crippen LogP contribution >= 0.6 is 0 Å². The number of rotatable bonds is 5. The van der Waals surface area contributed by atoms with Gasteiger partial charge in [-0.15, -0.1) is 0 Å². The molecule has 10 heteroatoms. The molecule has 1 atom stereocenters. The lowest BCUT2D eigenvalue weighted by atomic mass is 10.3. The zero-order valence-corrected chi connectivity index (χ0v) is 12.3. The molecular formula is C13H16N4O6. The summed E-state index contributed by atoms with van der Waals surface area (Å²) < 4.78 is 15.5. The van der Waals surface area contributed by atoms with E-state index in [4.69, 9.17) is 13.9 Å². The molecule has 2 aliphatic heterocycles. The highest BCUT2D eigenvalue weighted by Crippen LogP contribution is 2.16. The predicted octanol–water partition coefficient (Wildman–Crippen LogP) is 0.675. The van der Waals surface area contributed by atoms with Gasteiger partial charge in [0.2, 0.25) is 0 Å². The van der Waals surface area contributed by atoms with Crippen molar-refractivity contribution in [2.24, 2.45) is 5.10 Å². The number of furan rings is 1. The van der Waals surface area contributed by atoms with Gasteiger partial charge < -0.3 is 13.9 Å². The van der Waals surface area contributed by atoms with Crippen molar-refractivity contribution in [3.8, 4) is 0 Å². The highest BCUT2D eigenvalue weighted by Gasteiger charge is 2.32. The van der Waals surface area contributed by atoms with Gasteiger partial charge in [0.25, 0.3) is 0 Å². The number of hydrogen-bond acceptors (Lipinski definition) is 8. The lowest BCUT2D eigenvalue weighted by molar-refractivity contribution is -0.402. The number of carbonyl (C=O) groups excluding carboxylic acids is 1. The van der Waals surface area contributed by atoms with Crippen LogP contribution in [-0.4, -0.2) is 72.6 Å². The van der Waals surface area contributed by atoms with E-state index in [1.807, 2.05) is 0 Å². The zero-order valence-electron chi connectivity index (χ0n) is 12.3. The van der Waals surface area contributed by atoms with Crippen LogP contribution in [0.2, 0.25) is 0 Å². The molecule has 0 aliphatic carbocycles. The van der Waals surface area contributed by atoms with E-state index in [-0.39, 0.29) is 17.7 Å². The van der Waals surface area contributed by atoms with Gasteiger partial charge in [0.05, 0.1) is 32.0 Å². The number of nitro groups is 1. The fraction of sp³-hybridized carbons (Fsp3) is 0.538. The molecule has 3 rings (SSSR count). The second kappa shape index (κ2) is 6.75. The van der Waals surface area contributed by atoms with Gasteiger partial charge >= 0.3 is 12.0 Å². The van der Waals surface area contributed by atoms with Gasteiger partial charge in [-0.2, -0.15) is 10.1 Å². The molecular weight excluding hydrogens is 308 g/mol. The van der Waals surface area contributed by atoms with Crippen molar-refractivity contribution in [1.82, 2.24) is 9.91 Å². The SMILES string of the molecule is O=C1O[C@@H](CN2CCOCC2)CN1N=Cc1ccc([N+](=O)[O-])o1. The molecule has 3 heterocycles. The maximum absolute atomic E-state index is 11.8. The molecule has 10 nitrogen and oxygen atoms in total. The first-order valence-electron chi connectivity index (χ1n) is 7.18. The summed E-state index contributed by atoms with van der Waals surface area (Å²) in [5, 5.41) is 15.7. The standard InChI is InChI=1S/C13H16N4O6/c18-13-16(14-7-10-1-2-12(22-10)17(19)20)9-11(23-13)8-15-3-5-21-6-4-15/h1-2,7,11H,3-6,8-9H2/t11-/m0/s1. The van der Waals surface area contributed by atoms with Gasteiger partial charge in [-0.1, -0.05) is 0 Å². The number of cyclic esters (lactones) is 1. The topological polar surface area (TPSA) is 111 Å². The van der Waals surface area contributed by atoms with E-state index in [9.17, 15) is 14.9 Å². The monoisotopic (exact) mass is 324 g/mol. The minimum Gasteiger partial charge on any atom is -0.441 e. The predicted molar refractivity (Wildman–Crippen MR) is 77.2 cm³/mol. The minimum absolute atomic E-state index is 0.195. The summed E-state index contributed by atoms with van der Waals surface area (Å²) in [4.78, 5) is 23.8. The number of hydrazone groups is 1. The van der Waals surface area contributed by atoms with Crippen LogP contribution in [0.15, 0.2) is 21.7 Å². The molecule has 0 bridgehead atoms. The van der Waals surface area contributed by atoms with E-state index in [2.05, 4.69) is 10.0 Å². The molecule has 0 saturated carbocycles. The Hall–Kier alpha value is -2.46. The number of ether oxygens (including phenoxy) is 2. The van der Waals surface area contributed by atoms with Crippen molar-refractivity contribution < 1.29 is 23.6 Å². The van der Waals surface area contributed by atoms with E-state index in [0.717, 1.165) is 13.1 Å². The molecule has 1 aromatic heterocycles. The number of nitrogens with zero attached hydrogens (tertiary/aromatic N) is 4. The lowest BCUT2D eigenvalue weighted by Gasteiger charge is -2.27. The maximum atomic E-state index is 11.8. The van der Waals surface area contributed by atoms with Crippen molar-refractivity contribution in [2.45, 2.75) is 6.10 Å². The molecule has 1 aromatic rings. The zero-order chi connectivity index (χ0) is 16.2. The molecule has 2 fully saturated rings. The van der Waals surface area contributed by atoms with Gasteiger partial charge in [-0.3, -0.25) is 15.0 Å². The van der Waals surface area contributed by atoms with E-state index in [0.29, 0.717) is 26.3 Å². The Morgan fingerprint density at radius 3 is 2.87 bits per heavy atom. The Balaban J connectivity index is 1.54. The average Bonchev–Trinajstić information content (AvgIpc) is 3.13. The molecule has 0 unspecified atom stereocenters. The fourth-order valence-corrected chi connectivity index (χ4v) is 2.41. The quantitative estimate of drug-likeness (QED) is 0.445. The van der Waals surface area contributed by atoms with Gasteiger partial charge in [0.1, 0.15) is 11.0 Å². The smallest absolute Gasteiger partial charge is 0.433 e. The van der Waals surface area contributed by atoms with Crippen molar-refractivity contribution in [1.29, 1.82) is 0 Å². The summed E-state index contributed by atoms with van der Waals surface area (Å²) >= 11 is 0. The summed E-state index contributed by atoms with van der Waals surface area (Å²) in [7, 11) is 0. The van der Waals surface area contributed by atoms with Crippen molar-refractivity contribution in [3.63, 3.8) is 0 Å². The highest BCUT2D eigenvalue weighted by molar-refractivity contribution is 5.78. The number of hydrogen-bond donors (Lipinski definition) is 0. The number of carbonyl (C=O) groups is 1. The molecule has 0 N–H and O–H groups in total. The van der Waals surface area contributed by atoms with Crippen LogP contribution in [-0.2, 0) is 9.47 Å².